The second kappa shape index (κ2) is 11.2. The molecular weight excluding hydrogens is 657 g/mol. The summed E-state index contributed by atoms with van der Waals surface area (Å²) in [6, 6.07) is 0. The predicted octanol–water partition coefficient (Wildman–Crippen LogP) is 8.00. The van der Waals surface area contributed by atoms with E-state index in [0.29, 0.717) is 10.8 Å². The molecule has 1 N–H and O–H groups in total. The Morgan fingerprint density at radius 3 is 0.881 bits per heavy atom. The Morgan fingerprint density at radius 1 is 0.476 bits per heavy atom. The zero-order valence-electron chi connectivity index (χ0n) is 23.0. The maximum absolute atomic E-state index is 13.0. The monoisotopic (exact) mass is 686 g/mol. The molecule has 0 aliphatic rings. The SMILES string of the molecule is CC(C)(C)C[N+](C)(C)CC(C)(C)C.O=S(=O)(O)C(F)(F)C(F)(F)C(F)(F)C(F)(F)C(F)(F)C(F)(F)C(F)(F)C(F)(F)F. The highest BCUT2D eigenvalue weighted by molar-refractivity contribution is 7.87. The topological polar surface area (TPSA) is 54.4 Å². The summed E-state index contributed by atoms with van der Waals surface area (Å²) >= 11 is 0. The number of alkyl halides is 17. The summed E-state index contributed by atoms with van der Waals surface area (Å²) in [5.74, 6) is -52.0. The summed E-state index contributed by atoms with van der Waals surface area (Å²) in [5.41, 5.74) is 0.851. The van der Waals surface area contributed by atoms with Crippen LogP contribution in [0.1, 0.15) is 41.5 Å². The molecule has 0 aromatic heterocycles. The molecule has 0 rings (SSSR count). The van der Waals surface area contributed by atoms with Crippen LogP contribution in [0.5, 0.6) is 0 Å². The van der Waals surface area contributed by atoms with Gasteiger partial charge in [-0.1, -0.05) is 41.5 Å². The lowest BCUT2D eigenvalue weighted by Gasteiger charge is -2.42. The van der Waals surface area contributed by atoms with Gasteiger partial charge in [0.25, 0.3) is 0 Å². The first-order valence-electron chi connectivity index (χ1n) is 10.9. The van der Waals surface area contributed by atoms with Crippen LogP contribution < -0.4 is 0 Å². The Balaban J connectivity index is 0. The van der Waals surface area contributed by atoms with E-state index in [-0.39, 0.29) is 0 Å². The van der Waals surface area contributed by atoms with Crippen LogP contribution in [0.3, 0.4) is 0 Å². The molecule has 0 amide bonds. The number of nitrogens with zero attached hydrogens (tertiary/aromatic N) is 1. The van der Waals surface area contributed by atoms with Crippen molar-refractivity contribution >= 4 is 10.1 Å². The standard InChI is InChI=1S/C12H28N.C8HF17O3S/c1-11(2,3)9-13(7,8)10-12(4,5)6;9-1(10,3(13,14)5(17,18)7(21,22)23)2(11,12)4(15,16)6(19,20)8(24,25)29(26,27)28/h9-10H2,1-8H3;(H,26,27,28)/q+1;. The van der Waals surface area contributed by atoms with Crippen molar-refractivity contribution in [2.24, 2.45) is 10.8 Å². The highest BCUT2D eigenvalue weighted by atomic mass is 32.2. The molecule has 0 saturated carbocycles. The first-order chi connectivity index (χ1) is 17.4. The first kappa shape index (κ1) is 42.8. The third-order valence-corrected chi connectivity index (χ3v) is 5.73. The van der Waals surface area contributed by atoms with Crippen LogP contribution in [0.15, 0.2) is 0 Å². The fourth-order valence-corrected chi connectivity index (χ4v) is 4.39. The van der Waals surface area contributed by atoms with Crippen molar-refractivity contribution in [1.82, 2.24) is 0 Å². The van der Waals surface area contributed by atoms with Crippen LogP contribution >= 0.6 is 0 Å². The van der Waals surface area contributed by atoms with Crippen molar-refractivity contribution < 1.29 is 92.1 Å². The average molecular weight is 686 g/mol. The summed E-state index contributed by atoms with van der Waals surface area (Å²) in [5, 5.41) is -7.84. The summed E-state index contributed by atoms with van der Waals surface area (Å²) in [4.78, 5) is 0. The lowest BCUT2D eigenvalue weighted by Crippen LogP contribution is -2.74. The molecule has 256 valence electrons. The molecule has 0 fully saturated rings. The highest BCUT2D eigenvalue weighted by Gasteiger charge is 2.96. The minimum atomic E-state index is -8.89. The summed E-state index contributed by atoms with van der Waals surface area (Å²) in [6.07, 6.45) is -7.88. The van der Waals surface area contributed by atoms with Crippen LogP contribution in [0.2, 0.25) is 0 Å². The third-order valence-electron chi connectivity index (χ3n) is 4.82. The van der Waals surface area contributed by atoms with Crippen LogP contribution in [0, 0.1) is 10.8 Å². The van der Waals surface area contributed by atoms with Crippen molar-refractivity contribution in [2.75, 3.05) is 27.2 Å². The number of rotatable bonds is 9. The lowest BCUT2D eigenvalue weighted by molar-refractivity contribution is -0.902. The van der Waals surface area contributed by atoms with Gasteiger partial charge in [0.2, 0.25) is 0 Å². The molecule has 0 aliphatic carbocycles. The maximum Gasteiger partial charge on any atom is 0.460 e. The van der Waals surface area contributed by atoms with E-state index in [0.717, 1.165) is 4.48 Å². The number of halogens is 17. The van der Waals surface area contributed by atoms with E-state index in [9.17, 15) is 83.1 Å². The Bertz CT molecular complexity index is 1020. The molecule has 22 heteroatoms. The van der Waals surface area contributed by atoms with Gasteiger partial charge in [0.05, 0.1) is 27.2 Å². The second-order valence-electron chi connectivity index (χ2n) is 12.3. The minimum absolute atomic E-state index is 0.425. The van der Waals surface area contributed by atoms with E-state index in [4.69, 9.17) is 4.55 Å². The summed E-state index contributed by atoms with van der Waals surface area (Å²) in [6.45, 7) is 16.4. The summed E-state index contributed by atoms with van der Waals surface area (Å²) in [7, 11) is -3.23. The lowest BCUT2D eigenvalue weighted by atomic mass is 9.91. The minimum Gasteiger partial charge on any atom is -0.328 e. The van der Waals surface area contributed by atoms with E-state index in [1.165, 1.54) is 13.1 Å². The molecule has 0 bridgehead atoms. The van der Waals surface area contributed by atoms with Crippen molar-refractivity contribution in [1.29, 1.82) is 0 Å². The molecule has 0 heterocycles. The molecule has 0 aromatic carbocycles. The molecule has 0 spiro atoms. The van der Waals surface area contributed by atoms with E-state index in [1.54, 1.807) is 0 Å². The number of quaternary nitrogens is 1. The fraction of sp³-hybridized carbons (Fsp3) is 1.00. The molecule has 0 aliphatic heterocycles. The van der Waals surface area contributed by atoms with Gasteiger partial charge in [-0.15, -0.1) is 0 Å². The van der Waals surface area contributed by atoms with Gasteiger partial charge >= 0.3 is 57.1 Å². The zero-order valence-corrected chi connectivity index (χ0v) is 23.8. The van der Waals surface area contributed by atoms with E-state index in [2.05, 4.69) is 55.6 Å². The van der Waals surface area contributed by atoms with Gasteiger partial charge in [-0.25, -0.2) is 0 Å². The van der Waals surface area contributed by atoms with Crippen LogP contribution in [0.4, 0.5) is 74.6 Å². The Labute approximate surface area is 229 Å². The molecule has 42 heavy (non-hydrogen) atoms. The maximum atomic E-state index is 13.0. The van der Waals surface area contributed by atoms with Gasteiger partial charge in [-0.05, 0) is 0 Å². The van der Waals surface area contributed by atoms with Gasteiger partial charge < -0.3 is 4.48 Å². The summed E-state index contributed by atoms with van der Waals surface area (Å²) < 4.78 is 244. The zero-order chi connectivity index (χ0) is 35.4. The van der Waals surface area contributed by atoms with Crippen molar-refractivity contribution in [3.8, 4) is 0 Å². The van der Waals surface area contributed by atoms with Crippen LogP contribution in [-0.2, 0) is 10.1 Å². The smallest absolute Gasteiger partial charge is 0.328 e. The Hall–Kier alpha value is -1.32. The van der Waals surface area contributed by atoms with Crippen molar-refractivity contribution in [3.63, 3.8) is 0 Å². The average Bonchev–Trinajstić information content (AvgIpc) is 2.61. The quantitative estimate of drug-likeness (QED) is 0.152. The highest BCUT2D eigenvalue weighted by Crippen LogP contribution is 2.64. The number of hydrogen-bond acceptors (Lipinski definition) is 2. The molecule has 0 saturated heterocycles. The molecular formula is C20H29F17NO3S+. The van der Waals surface area contributed by atoms with Crippen LogP contribution in [-0.4, -0.2) is 91.6 Å². The molecule has 0 aromatic rings. The van der Waals surface area contributed by atoms with Gasteiger partial charge in [0.1, 0.15) is 0 Å². The fourth-order valence-electron chi connectivity index (χ4n) is 3.94. The Morgan fingerprint density at radius 2 is 0.690 bits per heavy atom. The van der Waals surface area contributed by atoms with E-state index >= 15 is 0 Å². The normalized spacial score (nSPS) is 16.2. The molecule has 0 unspecified atom stereocenters. The molecule has 4 nitrogen and oxygen atoms in total. The predicted molar refractivity (Wildman–Crippen MR) is 113 cm³/mol. The van der Waals surface area contributed by atoms with Crippen molar-refractivity contribution in [3.05, 3.63) is 0 Å². The van der Waals surface area contributed by atoms with Gasteiger partial charge in [0.15, 0.2) is 0 Å². The largest absolute Gasteiger partial charge is 0.460 e. The molecule has 0 atom stereocenters. The third kappa shape index (κ3) is 8.03. The van der Waals surface area contributed by atoms with E-state index in [1.807, 2.05) is 0 Å². The number of hydrogen-bond donors (Lipinski definition) is 1. The molecule has 0 radical (unpaired) electrons. The van der Waals surface area contributed by atoms with Crippen LogP contribution in [0.25, 0.3) is 0 Å². The second-order valence-corrected chi connectivity index (χ2v) is 13.8. The van der Waals surface area contributed by atoms with E-state index < -0.39 is 57.1 Å². The first-order valence-corrected chi connectivity index (χ1v) is 12.4. The van der Waals surface area contributed by atoms with Crippen molar-refractivity contribution in [2.45, 2.75) is 88.5 Å². The van der Waals surface area contributed by atoms with Gasteiger partial charge in [0, 0.05) is 10.8 Å². The van der Waals surface area contributed by atoms with Gasteiger partial charge in [-0.2, -0.15) is 83.1 Å². The Kier molecular flexibility index (Phi) is 11.5. The van der Waals surface area contributed by atoms with Gasteiger partial charge in [-0.3, -0.25) is 4.55 Å².